The van der Waals surface area contributed by atoms with E-state index in [4.69, 9.17) is 5.11 Å². The molecule has 0 saturated carbocycles. The van der Waals surface area contributed by atoms with Gasteiger partial charge in [-0.2, -0.15) is 18.3 Å². The largest absolute Gasteiger partial charge is 0.477 e. The van der Waals surface area contributed by atoms with Crippen molar-refractivity contribution in [3.63, 3.8) is 0 Å². The number of fused-ring (bicyclic) bond motifs is 1. The third-order valence-electron chi connectivity index (χ3n) is 3.49. The highest BCUT2D eigenvalue weighted by molar-refractivity contribution is 7.12. The third kappa shape index (κ3) is 3.33. The lowest BCUT2D eigenvalue weighted by atomic mass is 10.1. The van der Waals surface area contributed by atoms with Crippen LogP contribution in [0.25, 0.3) is 10.9 Å². The molecule has 2 aromatic heterocycles. The number of halogens is 3. The third-order valence-corrected chi connectivity index (χ3v) is 4.43. The Kier molecular flexibility index (Phi) is 4.21. The lowest BCUT2D eigenvalue weighted by molar-refractivity contribution is -0.137. The molecule has 6 nitrogen and oxygen atoms in total. The fraction of sp³-hybridized carbons (Fsp3) is 0.133. The molecule has 10 heteroatoms. The van der Waals surface area contributed by atoms with Gasteiger partial charge in [0, 0.05) is 11.9 Å². The van der Waals surface area contributed by atoms with Crippen molar-refractivity contribution in [1.82, 2.24) is 15.5 Å². The number of nitrogens with zero attached hydrogens (tertiary/aromatic N) is 1. The predicted molar refractivity (Wildman–Crippen MR) is 83.5 cm³/mol. The van der Waals surface area contributed by atoms with Gasteiger partial charge in [-0.3, -0.25) is 9.89 Å². The molecule has 0 saturated heterocycles. The van der Waals surface area contributed by atoms with Crippen LogP contribution in [-0.4, -0.2) is 27.2 Å². The van der Waals surface area contributed by atoms with Gasteiger partial charge in [0.2, 0.25) is 0 Å². The standard InChI is InChI=1S/C15H10F3N3O3S/c16-15(17,18)8-1-2-10-9(5-8)11(21-20-10)13(22)19-6-7-3-4-25-12(7)14(23)24/h1-5H,6H2,(H,19,22)(H,20,21)(H,23,24). The number of nitrogens with one attached hydrogen (secondary N) is 2. The molecule has 0 radical (unpaired) electrons. The fourth-order valence-corrected chi connectivity index (χ4v) is 3.05. The van der Waals surface area contributed by atoms with Crippen molar-refractivity contribution in [3.05, 3.63) is 51.3 Å². The van der Waals surface area contributed by atoms with E-state index < -0.39 is 23.6 Å². The van der Waals surface area contributed by atoms with Gasteiger partial charge in [0.15, 0.2) is 5.69 Å². The van der Waals surface area contributed by atoms with E-state index in [0.717, 1.165) is 23.5 Å². The smallest absolute Gasteiger partial charge is 0.416 e. The van der Waals surface area contributed by atoms with Crippen molar-refractivity contribution in [2.75, 3.05) is 0 Å². The molecule has 0 aliphatic carbocycles. The van der Waals surface area contributed by atoms with Crippen molar-refractivity contribution in [2.45, 2.75) is 12.7 Å². The van der Waals surface area contributed by atoms with Crippen molar-refractivity contribution in [3.8, 4) is 0 Å². The van der Waals surface area contributed by atoms with Crippen molar-refractivity contribution in [1.29, 1.82) is 0 Å². The summed E-state index contributed by atoms with van der Waals surface area (Å²) in [5.74, 6) is -1.81. The Hall–Kier alpha value is -2.88. The Morgan fingerprint density at radius 3 is 2.72 bits per heavy atom. The molecular formula is C15H10F3N3O3S. The second-order valence-corrected chi connectivity index (χ2v) is 6.01. The average molecular weight is 369 g/mol. The maximum Gasteiger partial charge on any atom is 0.416 e. The monoisotopic (exact) mass is 369 g/mol. The van der Waals surface area contributed by atoms with Gasteiger partial charge in [-0.25, -0.2) is 4.79 Å². The highest BCUT2D eigenvalue weighted by Crippen LogP contribution is 2.31. The Bertz CT molecular complexity index is 962. The van der Waals surface area contributed by atoms with E-state index in [1.165, 1.54) is 6.07 Å². The van der Waals surface area contributed by atoms with Gasteiger partial charge < -0.3 is 10.4 Å². The number of benzene rings is 1. The zero-order valence-electron chi connectivity index (χ0n) is 12.3. The van der Waals surface area contributed by atoms with Gasteiger partial charge in [0.05, 0.1) is 11.1 Å². The first-order chi connectivity index (χ1) is 11.8. The summed E-state index contributed by atoms with van der Waals surface area (Å²) in [6.07, 6.45) is -4.54. The van der Waals surface area contributed by atoms with Gasteiger partial charge in [-0.15, -0.1) is 11.3 Å². The van der Waals surface area contributed by atoms with Gasteiger partial charge in [0.25, 0.3) is 5.91 Å². The molecule has 3 N–H and O–H groups in total. The SMILES string of the molecule is O=C(O)c1sccc1CNC(=O)c1n[nH]c2ccc(C(F)(F)F)cc12. The fourth-order valence-electron chi connectivity index (χ4n) is 2.29. The van der Waals surface area contributed by atoms with Crippen LogP contribution in [0, 0.1) is 0 Å². The molecule has 130 valence electrons. The first kappa shape index (κ1) is 17.0. The molecule has 0 unspecified atom stereocenters. The summed E-state index contributed by atoms with van der Waals surface area (Å²) >= 11 is 1.02. The molecule has 0 aliphatic heterocycles. The second kappa shape index (κ2) is 6.20. The maximum absolute atomic E-state index is 12.8. The molecule has 3 aromatic rings. The number of rotatable bonds is 4. The van der Waals surface area contributed by atoms with E-state index in [-0.39, 0.29) is 22.5 Å². The summed E-state index contributed by atoms with van der Waals surface area (Å²) in [6, 6.07) is 4.50. The van der Waals surface area contributed by atoms with Crippen LogP contribution >= 0.6 is 11.3 Å². The van der Waals surface area contributed by atoms with Gasteiger partial charge in [-0.1, -0.05) is 0 Å². The highest BCUT2D eigenvalue weighted by atomic mass is 32.1. The van der Waals surface area contributed by atoms with Crippen LogP contribution in [0.4, 0.5) is 13.2 Å². The van der Waals surface area contributed by atoms with Crippen LogP contribution in [0.2, 0.25) is 0 Å². The molecule has 25 heavy (non-hydrogen) atoms. The molecule has 0 atom stereocenters. The first-order valence-electron chi connectivity index (χ1n) is 6.90. The molecule has 0 fully saturated rings. The van der Waals surface area contributed by atoms with Gasteiger partial charge in [-0.05, 0) is 35.2 Å². The van der Waals surface area contributed by atoms with E-state index in [9.17, 15) is 22.8 Å². The number of hydrogen-bond donors (Lipinski definition) is 3. The summed E-state index contributed by atoms with van der Waals surface area (Å²) in [5, 5.41) is 19.4. The summed E-state index contributed by atoms with van der Waals surface area (Å²) in [7, 11) is 0. The number of aromatic nitrogens is 2. The van der Waals surface area contributed by atoms with E-state index >= 15 is 0 Å². The summed E-state index contributed by atoms with van der Waals surface area (Å²) in [5.41, 5.74) is -0.378. The first-order valence-corrected chi connectivity index (χ1v) is 7.78. The minimum Gasteiger partial charge on any atom is -0.477 e. The van der Waals surface area contributed by atoms with E-state index in [1.54, 1.807) is 11.4 Å². The number of aromatic carboxylic acids is 1. The number of aromatic amines is 1. The molecular weight excluding hydrogens is 359 g/mol. The Morgan fingerprint density at radius 1 is 1.28 bits per heavy atom. The molecule has 0 aliphatic rings. The van der Waals surface area contributed by atoms with Crippen molar-refractivity contribution < 1.29 is 27.9 Å². The number of carbonyl (C=O) groups excluding carboxylic acids is 1. The minimum atomic E-state index is -4.54. The van der Waals surface area contributed by atoms with Crippen LogP contribution in [0.15, 0.2) is 29.6 Å². The van der Waals surface area contributed by atoms with E-state index in [2.05, 4.69) is 15.5 Å². The zero-order valence-corrected chi connectivity index (χ0v) is 13.2. The predicted octanol–water partition coefficient (Wildman–Crippen LogP) is 3.27. The van der Waals surface area contributed by atoms with E-state index in [0.29, 0.717) is 11.1 Å². The Balaban J connectivity index is 1.85. The van der Waals surface area contributed by atoms with Crippen LogP contribution in [0.5, 0.6) is 0 Å². The summed E-state index contributed by atoms with van der Waals surface area (Å²) in [4.78, 5) is 23.4. The average Bonchev–Trinajstić information content (AvgIpc) is 3.17. The van der Waals surface area contributed by atoms with Crippen LogP contribution in [-0.2, 0) is 12.7 Å². The highest BCUT2D eigenvalue weighted by Gasteiger charge is 2.31. The zero-order chi connectivity index (χ0) is 18.2. The normalized spacial score (nSPS) is 11.6. The van der Waals surface area contributed by atoms with Crippen LogP contribution < -0.4 is 5.32 Å². The molecule has 3 rings (SSSR count). The Labute approximate surface area is 142 Å². The minimum absolute atomic E-state index is 0.0381. The number of alkyl halides is 3. The lowest BCUT2D eigenvalue weighted by Crippen LogP contribution is -2.24. The quantitative estimate of drug-likeness (QED) is 0.658. The number of carbonyl (C=O) groups is 2. The molecule has 1 aromatic carbocycles. The van der Waals surface area contributed by atoms with Crippen LogP contribution in [0.1, 0.15) is 31.3 Å². The number of H-pyrrole nitrogens is 1. The number of carboxylic acids is 1. The number of hydrogen-bond acceptors (Lipinski definition) is 4. The maximum atomic E-state index is 12.8. The topological polar surface area (TPSA) is 95.1 Å². The molecule has 1 amide bonds. The van der Waals surface area contributed by atoms with Crippen LogP contribution in [0.3, 0.4) is 0 Å². The second-order valence-electron chi connectivity index (χ2n) is 5.09. The van der Waals surface area contributed by atoms with Crippen molar-refractivity contribution >= 4 is 34.1 Å². The summed E-state index contributed by atoms with van der Waals surface area (Å²) in [6.45, 7) is -0.0721. The molecule has 2 heterocycles. The van der Waals surface area contributed by atoms with Gasteiger partial charge in [0.1, 0.15) is 4.88 Å². The molecule has 0 bridgehead atoms. The van der Waals surface area contributed by atoms with Crippen molar-refractivity contribution in [2.24, 2.45) is 0 Å². The molecule has 0 spiro atoms. The van der Waals surface area contributed by atoms with E-state index in [1.807, 2.05) is 0 Å². The lowest BCUT2D eigenvalue weighted by Gasteiger charge is -2.07. The number of carboxylic acid groups (broad SMARTS) is 1. The van der Waals surface area contributed by atoms with Gasteiger partial charge >= 0.3 is 12.1 Å². The Morgan fingerprint density at radius 2 is 2.04 bits per heavy atom. The summed E-state index contributed by atoms with van der Waals surface area (Å²) < 4.78 is 38.5. The number of thiophene rings is 1. The number of amides is 1.